The summed E-state index contributed by atoms with van der Waals surface area (Å²) >= 11 is 0. The van der Waals surface area contributed by atoms with Crippen molar-refractivity contribution < 1.29 is 19.1 Å². The monoisotopic (exact) mass is 376 g/mol. The van der Waals surface area contributed by atoms with Gasteiger partial charge in [0.25, 0.3) is 0 Å². The highest BCUT2D eigenvalue weighted by Gasteiger charge is 2.24. The number of carbonyl (C=O) groups is 2. The van der Waals surface area contributed by atoms with Crippen molar-refractivity contribution in [3.05, 3.63) is 29.8 Å². The maximum absolute atomic E-state index is 12.1. The molecule has 0 atom stereocenters. The van der Waals surface area contributed by atoms with Crippen molar-refractivity contribution in [2.75, 3.05) is 26.3 Å². The van der Waals surface area contributed by atoms with Gasteiger partial charge in [-0.15, -0.1) is 0 Å². The van der Waals surface area contributed by atoms with Crippen LogP contribution in [0, 0.1) is 12.8 Å². The molecule has 27 heavy (non-hydrogen) atoms. The number of ether oxygens (including phenoxy) is 2. The Kier molecular flexibility index (Phi) is 8.43. The molecule has 0 aliphatic carbocycles. The second kappa shape index (κ2) is 10.8. The molecule has 2 rings (SSSR count). The van der Waals surface area contributed by atoms with Crippen LogP contribution in [0.25, 0.3) is 0 Å². The third-order valence-corrected chi connectivity index (χ3v) is 4.56. The Morgan fingerprint density at radius 1 is 1.22 bits per heavy atom. The molecule has 1 aliphatic heterocycles. The van der Waals surface area contributed by atoms with Crippen molar-refractivity contribution >= 4 is 12.0 Å². The normalized spacial score (nSPS) is 14.9. The first-order valence-electron chi connectivity index (χ1n) is 9.85. The summed E-state index contributed by atoms with van der Waals surface area (Å²) in [4.78, 5) is 25.8. The first-order chi connectivity index (χ1) is 13.0. The molecule has 1 aromatic carbocycles. The van der Waals surface area contributed by atoms with Crippen molar-refractivity contribution in [1.82, 2.24) is 10.2 Å². The van der Waals surface area contributed by atoms with Crippen LogP contribution in [0.15, 0.2) is 24.3 Å². The summed E-state index contributed by atoms with van der Waals surface area (Å²) in [7, 11) is 0. The first kappa shape index (κ1) is 21.1. The van der Waals surface area contributed by atoms with E-state index in [1.165, 1.54) is 0 Å². The zero-order chi connectivity index (χ0) is 19.6. The van der Waals surface area contributed by atoms with Gasteiger partial charge < -0.3 is 19.7 Å². The number of benzene rings is 1. The molecule has 1 saturated heterocycles. The lowest BCUT2D eigenvalue weighted by atomic mass is 10.1. The van der Waals surface area contributed by atoms with E-state index in [1.54, 1.807) is 4.90 Å². The second-order valence-corrected chi connectivity index (χ2v) is 7.52. The topological polar surface area (TPSA) is 67.9 Å². The van der Waals surface area contributed by atoms with E-state index in [9.17, 15) is 9.59 Å². The largest absolute Gasteiger partial charge is 0.493 e. The molecule has 2 amide bonds. The summed E-state index contributed by atoms with van der Waals surface area (Å²) in [6, 6.07) is 8.00. The van der Waals surface area contributed by atoms with E-state index >= 15 is 0 Å². The predicted molar refractivity (Wildman–Crippen MR) is 105 cm³/mol. The lowest BCUT2D eigenvalue weighted by Crippen LogP contribution is -2.46. The van der Waals surface area contributed by atoms with E-state index in [4.69, 9.17) is 9.47 Å². The van der Waals surface area contributed by atoms with E-state index in [0.717, 1.165) is 24.2 Å². The summed E-state index contributed by atoms with van der Waals surface area (Å²) in [6.45, 7) is 8.25. The van der Waals surface area contributed by atoms with Gasteiger partial charge in [-0.3, -0.25) is 4.79 Å². The van der Waals surface area contributed by atoms with Crippen LogP contribution in [0.3, 0.4) is 0 Å². The highest BCUT2D eigenvalue weighted by molar-refractivity contribution is 5.76. The zero-order valence-electron chi connectivity index (χ0n) is 16.7. The molecule has 1 heterocycles. The third kappa shape index (κ3) is 7.49. The van der Waals surface area contributed by atoms with E-state index < -0.39 is 0 Å². The van der Waals surface area contributed by atoms with Gasteiger partial charge in [0.05, 0.1) is 13.2 Å². The van der Waals surface area contributed by atoms with Crippen LogP contribution in [-0.4, -0.2) is 49.2 Å². The maximum Gasteiger partial charge on any atom is 0.409 e. The van der Waals surface area contributed by atoms with Crippen molar-refractivity contribution in [3.63, 3.8) is 0 Å². The highest BCUT2D eigenvalue weighted by atomic mass is 16.6. The van der Waals surface area contributed by atoms with Crippen molar-refractivity contribution in [2.24, 2.45) is 5.92 Å². The van der Waals surface area contributed by atoms with Crippen LogP contribution in [-0.2, 0) is 9.53 Å². The van der Waals surface area contributed by atoms with Gasteiger partial charge in [0, 0.05) is 25.6 Å². The van der Waals surface area contributed by atoms with Crippen LogP contribution >= 0.6 is 0 Å². The minimum Gasteiger partial charge on any atom is -0.493 e. The number of amides is 2. The quantitative estimate of drug-likeness (QED) is 0.705. The molecular formula is C21H32N2O4. The molecule has 150 valence electrons. The van der Waals surface area contributed by atoms with Gasteiger partial charge in [0.15, 0.2) is 0 Å². The summed E-state index contributed by atoms with van der Waals surface area (Å²) < 4.78 is 11.0. The Morgan fingerprint density at radius 3 is 2.59 bits per heavy atom. The number of likely N-dealkylation sites (tertiary alicyclic amines) is 1. The molecule has 6 nitrogen and oxygen atoms in total. The fourth-order valence-corrected chi connectivity index (χ4v) is 2.97. The number of aryl methyl sites for hydroxylation is 1. The molecule has 0 bridgehead atoms. The standard InChI is InChI=1S/C21H32N2O4/c1-16(2)15-27-21(25)23-12-10-18(11-13-23)22-20(24)9-6-14-26-19-8-5-4-7-17(19)3/h4-5,7-8,16,18H,6,9-15H2,1-3H3,(H,22,24). The first-order valence-corrected chi connectivity index (χ1v) is 9.85. The number of piperidine rings is 1. The van der Waals surface area contributed by atoms with Crippen LogP contribution in [0.1, 0.15) is 45.1 Å². The van der Waals surface area contributed by atoms with Gasteiger partial charge >= 0.3 is 6.09 Å². The number of nitrogens with one attached hydrogen (secondary N) is 1. The van der Waals surface area contributed by atoms with Crippen molar-refractivity contribution in [3.8, 4) is 5.75 Å². The minimum atomic E-state index is -0.248. The van der Waals surface area contributed by atoms with Gasteiger partial charge in [-0.25, -0.2) is 4.79 Å². The van der Waals surface area contributed by atoms with Gasteiger partial charge in [-0.1, -0.05) is 32.0 Å². The second-order valence-electron chi connectivity index (χ2n) is 7.52. The molecule has 0 unspecified atom stereocenters. The lowest BCUT2D eigenvalue weighted by Gasteiger charge is -2.31. The molecular weight excluding hydrogens is 344 g/mol. The van der Waals surface area contributed by atoms with Gasteiger partial charge in [0.2, 0.25) is 5.91 Å². The minimum absolute atomic E-state index is 0.0456. The zero-order valence-corrected chi connectivity index (χ0v) is 16.7. The van der Waals surface area contributed by atoms with E-state index in [-0.39, 0.29) is 18.0 Å². The van der Waals surface area contributed by atoms with Crippen molar-refractivity contribution in [2.45, 2.75) is 52.5 Å². The van der Waals surface area contributed by atoms with E-state index in [1.807, 2.05) is 45.0 Å². The van der Waals surface area contributed by atoms with Crippen LogP contribution in [0.4, 0.5) is 4.79 Å². The van der Waals surface area contributed by atoms with Crippen LogP contribution in [0.5, 0.6) is 5.75 Å². The Hall–Kier alpha value is -2.24. The molecule has 1 fully saturated rings. The average molecular weight is 376 g/mol. The number of para-hydroxylation sites is 1. The van der Waals surface area contributed by atoms with Crippen molar-refractivity contribution in [1.29, 1.82) is 0 Å². The van der Waals surface area contributed by atoms with Gasteiger partial charge in [0.1, 0.15) is 5.75 Å². The molecule has 1 aromatic rings. The maximum atomic E-state index is 12.1. The number of hydrogen-bond donors (Lipinski definition) is 1. The fourth-order valence-electron chi connectivity index (χ4n) is 2.97. The molecule has 1 N–H and O–H groups in total. The third-order valence-electron chi connectivity index (χ3n) is 4.56. The molecule has 1 aliphatic rings. The number of carbonyl (C=O) groups excluding carboxylic acids is 2. The number of hydrogen-bond acceptors (Lipinski definition) is 4. The molecule has 0 aromatic heterocycles. The Balaban J connectivity index is 1.59. The molecule has 0 saturated carbocycles. The van der Waals surface area contributed by atoms with Gasteiger partial charge in [-0.2, -0.15) is 0 Å². The Morgan fingerprint density at radius 2 is 1.93 bits per heavy atom. The smallest absolute Gasteiger partial charge is 0.409 e. The van der Waals surface area contributed by atoms with Crippen LogP contribution in [0.2, 0.25) is 0 Å². The summed E-state index contributed by atoms with van der Waals surface area (Å²) in [5.41, 5.74) is 1.10. The molecule has 0 spiro atoms. The molecule has 0 radical (unpaired) electrons. The van der Waals surface area contributed by atoms with Crippen LogP contribution < -0.4 is 10.1 Å². The average Bonchev–Trinajstić information content (AvgIpc) is 2.65. The van der Waals surface area contributed by atoms with E-state index in [0.29, 0.717) is 45.1 Å². The predicted octanol–water partition coefficient (Wildman–Crippen LogP) is 3.53. The SMILES string of the molecule is Cc1ccccc1OCCCC(=O)NC1CCN(C(=O)OCC(C)C)CC1. The summed E-state index contributed by atoms with van der Waals surface area (Å²) in [5, 5.41) is 3.07. The number of rotatable bonds is 8. The summed E-state index contributed by atoms with van der Waals surface area (Å²) in [6.07, 6.45) is 2.41. The van der Waals surface area contributed by atoms with Gasteiger partial charge in [-0.05, 0) is 43.7 Å². The lowest BCUT2D eigenvalue weighted by molar-refractivity contribution is -0.122. The Bertz CT molecular complexity index is 610. The highest BCUT2D eigenvalue weighted by Crippen LogP contribution is 2.16. The van der Waals surface area contributed by atoms with E-state index in [2.05, 4.69) is 5.32 Å². The summed E-state index contributed by atoms with van der Waals surface area (Å²) in [5.74, 6) is 1.25. The Labute approximate surface area is 162 Å². The number of nitrogens with zero attached hydrogens (tertiary/aromatic N) is 1. The molecule has 6 heteroatoms. The fraction of sp³-hybridized carbons (Fsp3) is 0.619.